The summed E-state index contributed by atoms with van der Waals surface area (Å²) in [4.78, 5) is 0. The average molecular weight is 361 g/mol. The molecule has 0 bridgehead atoms. The topological polar surface area (TPSA) is 18.5 Å². The van der Waals surface area contributed by atoms with Crippen molar-refractivity contribution in [1.82, 2.24) is 0 Å². The van der Waals surface area contributed by atoms with Crippen molar-refractivity contribution >= 4 is 14.6 Å². The molecule has 0 N–H and O–H groups in total. The van der Waals surface area contributed by atoms with Crippen molar-refractivity contribution in [2.24, 2.45) is 5.41 Å². The summed E-state index contributed by atoms with van der Waals surface area (Å²) in [6, 6.07) is 9.77. The Labute approximate surface area is 155 Å². The quantitative estimate of drug-likeness (QED) is 0.502. The summed E-state index contributed by atoms with van der Waals surface area (Å²) < 4.78 is 13.0. The summed E-state index contributed by atoms with van der Waals surface area (Å²) in [7, 11) is -0.495. The lowest BCUT2D eigenvalue weighted by Crippen LogP contribution is -2.53. The van der Waals surface area contributed by atoms with E-state index < -0.39 is 8.56 Å². The Bertz CT molecular complexity index is 590. The van der Waals surface area contributed by atoms with Crippen LogP contribution in [0.1, 0.15) is 65.0 Å². The van der Waals surface area contributed by atoms with Crippen LogP contribution >= 0.6 is 0 Å². The maximum atomic E-state index is 6.68. The summed E-state index contributed by atoms with van der Waals surface area (Å²) in [6.45, 7) is 12.2. The molecule has 1 aliphatic carbocycles. The lowest BCUT2D eigenvalue weighted by molar-refractivity contribution is 0.152. The number of allylic oxidation sites excluding steroid dienone is 1. The highest BCUT2D eigenvalue weighted by Gasteiger charge is 2.53. The molecule has 0 saturated carbocycles. The van der Waals surface area contributed by atoms with E-state index in [9.17, 15) is 0 Å². The zero-order valence-corrected chi connectivity index (χ0v) is 18.0. The monoisotopic (exact) mass is 360 g/mol. The highest BCUT2D eigenvalue weighted by Crippen LogP contribution is 2.49. The standard InChI is InChI=1S/C22H36O2Si/c1-7-8-17-25(23-6,24-16-15-21(2,3)4)22(5)14-13-19-11-9-10-12-20(19)18-22/h9-14H,7-8,15-18H2,1-6H3. The van der Waals surface area contributed by atoms with Crippen LogP contribution in [0.25, 0.3) is 6.08 Å². The van der Waals surface area contributed by atoms with E-state index in [1.54, 1.807) is 0 Å². The predicted octanol–water partition coefficient (Wildman–Crippen LogP) is 6.36. The molecule has 1 aromatic carbocycles. The number of hydrogen-bond donors (Lipinski definition) is 0. The lowest BCUT2D eigenvalue weighted by atomic mass is 9.90. The number of rotatable bonds is 8. The van der Waals surface area contributed by atoms with Gasteiger partial charge in [0.25, 0.3) is 0 Å². The van der Waals surface area contributed by atoms with Crippen molar-refractivity contribution in [2.75, 3.05) is 13.7 Å². The minimum atomic E-state index is -2.37. The molecule has 2 rings (SSSR count). The highest BCUT2D eigenvalue weighted by atomic mass is 28.4. The van der Waals surface area contributed by atoms with E-state index in [2.05, 4.69) is 71.0 Å². The maximum Gasteiger partial charge on any atom is 0.348 e. The van der Waals surface area contributed by atoms with Gasteiger partial charge in [0.2, 0.25) is 0 Å². The van der Waals surface area contributed by atoms with Gasteiger partial charge >= 0.3 is 8.56 Å². The molecule has 0 amide bonds. The molecule has 0 saturated heterocycles. The molecule has 3 heteroatoms. The first-order valence-electron chi connectivity index (χ1n) is 9.71. The normalized spacial score (nSPS) is 22.5. The lowest BCUT2D eigenvalue weighted by Gasteiger charge is -2.45. The van der Waals surface area contributed by atoms with Gasteiger partial charge in [-0.2, -0.15) is 0 Å². The van der Waals surface area contributed by atoms with Gasteiger partial charge in [0.05, 0.1) is 0 Å². The summed E-state index contributed by atoms with van der Waals surface area (Å²) >= 11 is 0. The van der Waals surface area contributed by atoms with E-state index in [1.807, 2.05) is 7.11 Å². The molecule has 1 aromatic rings. The molecule has 25 heavy (non-hydrogen) atoms. The van der Waals surface area contributed by atoms with Crippen LogP contribution in [0.4, 0.5) is 0 Å². The number of unbranched alkanes of at least 4 members (excludes halogenated alkanes) is 1. The molecular formula is C22H36O2Si. The minimum absolute atomic E-state index is 0.0246. The third kappa shape index (κ3) is 4.84. The zero-order valence-electron chi connectivity index (χ0n) is 17.0. The van der Waals surface area contributed by atoms with E-state index >= 15 is 0 Å². The second-order valence-corrected chi connectivity index (χ2v) is 12.7. The molecule has 1 aliphatic rings. The van der Waals surface area contributed by atoms with Crippen LogP contribution in [0.2, 0.25) is 11.1 Å². The van der Waals surface area contributed by atoms with Crippen LogP contribution in [-0.2, 0) is 15.3 Å². The van der Waals surface area contributed by atoms with Crippen molar-refractivity contribution in [3.8, 4) is 0 Å². The summed E-state index contributed by atoms with van der Waals surface area (Å²) in [5.74, 6) is 0. The van der Waals surface area contributed by atoms with Gasteiger partial charge in [-0.15, -0.1) is 0 Å². The molecule has 0 radical (unpaired) electrons. The van der Waals surface area contributed by atoms with Gasteiger partial charge in [-0.3, -0.25) is 0 Å². The highest BCUT2D eigenvalue weighted by molar-refractivity contribution is 6.71. The molecule has 0 aromatic heterocycles. The first-order chi connectivity index (χ1) is 11.8. The number of hydrogen-bond acceptors (Lipinski definition) is 2. The smallest absolute Gasteiger partial charge is 0.348 e. The SMILES string of the molecule is CCCC[Si](OC)(OCCC(C)(C)C)C1(C)C=Cc2ccccc2C1. The predicted molar refractivity (Wildman–Crippen MR) is 110 cm³/mol. The summed E-state index contributed by atoms with van der Waals surface area (Å²) in [5.41, 5.74) is 3.04. The molecule has 0 aliphatic heterocycles. The molecular weight excluding hydrogens is 324 g/mol. The molecule has 0 heterocycles. The van der Waals surface area contributed by atoms with Gasteiger partial charge in [-0.1, -0.05) is 83.9 Å². The van der Waals surface area contributed by atoms with Crippen LogP contribution in [0, 0.1) is 5.41 Å². The number of fused-ring (bicyclic) bond motifs is 1. The van der Waals surface area contributed by atoms with Gasteiger partial charge in [-0.05, 0) is 35.4 Å². The van der Waals surface area contributed by atoms with E-state index in [4.69, 9.17) is 8.85 Å². The van der Waals surface area contributed by atoms with Crippen LogP contribution < -0.4 is 0 Å². The first-order valence-corrected chi connectivity index (χ1v) is 11.7. The van der Waals surface area contributed by atoms with Crippen LogP contribution in [0.5, 0.6) is 0 Å². The Balaban J connectivity index is 2.27. The van der Waals surface area contributed by atoms with E-state index in [1.165, 1.54) is 24.0 Å². The second kappa shape index (κ2) is 8.19. The van der Waals surface area contributed by atoms with E-state index in [0.717, 1.165) is 25.5 Å². The maximum absolute atomic E-state index is 6.68. The van der Waals surface area contributed by atoms with Gasteiger partial charge in [0.15, 0.2) is 0 Å². The van der Waals surface area contributed by atoms with Gasteiger partial charge in [0, 0.05) is 18.8 Å². The van der Waals surface area contributed by atoms with E-state index in [-0.39, 0.29) is 10.5 Å². The molecule has 140 valence electrons. The molecule has 2 nitrogen and oxygen atoms in total. The van der Waals surface area contributed by atoms with Crippen LogP contribution in [0.3, 0.4) is 0 Å². The summed E-state index contributed by atoms with van der Waals surface area (Å²) in [5, 5.41) is -0.0246. The minimum Gasteiger partial charge on any atom is -0.397 e. The van der Waals surface area contributed by atoms with Crippen LogP contribution in [-0.4, -0.2) is 22.3 Å². The van der Waals surface area contributed by atoms with Crippen molar-refractivity contribution in [1.29, 1.82) is 0 Å². The zero-order chi connectivity index (χ0) is 18.6. The Hall–Kier alpha value is -0.903. The van der Waals surface area contributed by atoms with Gasteiger partial charge in [-0.25, -0.2) is 0 Å². The Morgan fingerprint density at radius 3 is 2.56 bits per heavy atom. The first kappa shape index (κ1) is 20.4. The van der Waals surface area contributed by atoms with Crippen molar-refractivity contribution in [3.63, 3.8) is 0 Å². The van der Waals surface area contributed by atoms with E-state index in [0.29, 0.717) is 0 Å². The Kier molecular flexibility index (Phi) is 6.69. The Morgan fingerprint density at radius 2 is 1.92 bits per heavy atom. The van der Waals surface area contributed by atoms with Gasteiger partial charge < -0.3 is 8.85 Å². The number of benzene rings is 1. The molecule has 0 fully saturated rings. The molecule has 2 unspecified atom stereocenters. The van der Waals surface area contributed by atoms with Crippen molar-refractivity contribution < 1.29 is 8.85 Å². The molecule has 2 atom stereocenters. The third-order valence-electron chi connectivity index (χ3n) is 5.49. The fourth-order valence-corrected chi connectivity index (χ4v) is 7.58. The second-order valence-electron chi connectivity index (χ2n) is 8.85. The van der Waals surface area contributed by atoms with Crippen molar-refractivity contribution in [2.45, 2.75) is 71.4 Å². The largest absolute Gasteiger partial charge is 0.397 e. The fraction of sp³-hybridized carbons (Fsp3) is 0.636. The summed E-state index contributed by atoms with van der Waals surface area (Å²) in [6.07, 6.45) is 9.07. The third-order valence-corrected chi connectivity index (χ3v) is 9.92. The van der Waals surface area contributed by atoms with Gasteiger partial charge in [0.1, 0.15) is 0 Å². The Morgan fingerprint density at radius 1 is 1.20 bits per heavy atom. The van der Waals surface area contributed by atoms with Crippen LogP contribution in [0.15, 0.2) is 30.3 Å². The van der Waals surface area contributed by atoms with Crippen molar-refractivity contribution in [3.05, 3.63) is 41.5 Å². The average Bonchev–Trinajstić information content (AvgIpc) is 2.56. The molecule has 0 spiro atoms. The fourth-order valence-electron chi connectivity index (χ4n) is 3.70.